The molecular weight excluding hydrogens is 587 g/mol. The molecule has 11 heteroatoms. The van der Waals surface area contributed by atoms with Crippen LogP contribution in [-0.4, -0.2) is 44.6 Å². The molecule has 0 radical (unpaired) electrons. The van der Waals surface area contributed by atoms with E-state index >= 15 is 0 Å². The lowest BCUT2D eigenvalue weighted by atomic mass is 9.83. The minimum absolute atomic E-state index is 0.111. The Morgan fingerprint density at radius 1 is 0.977 bits per heavy atom. The second-order valence-corrected chi connectivity index (χ2v) is 12.0. The van der Waals surface area contributed by atoms with E-state index in [-0.39, 0.29) is 23.4 Å². The summed E-state index contributed by atoms with van der Waals surface area (Å²) in [4.78, 5) is 43.8. The summed E-state index contributed by atoms with van der Waals surface area (Å²) < 4.78 is 1.63. The molecule has 0 aliphatic heterocycles. The number of hydrogen-bond acceptors (Lipinski definition) is 5. The molecule has 2 aliphatic rings. The number of carbonyl (C=O) groups is 3. The van der Waals surface area contributed by atoms with Gasteiger partial charge in [-0.25, -0.2) is 4.68 Å². The highest BCUT2D eigenvalue weighted by Crippen LogP contribution is 2.48. The number of pyridine rings is 1. The van der Waals surface area contributed by atoms with Gasteiger partial charge in [-0.05, 0) is 73.1 Å². The summed E-state index contributed by atoms with van der Waals surface area (Å²) in [6.45, 7) is 0. The van der Waals surface area contributed by atoms with Crippen LogP contribution in [0, 0.1) is 17.8 Å². The van der Waals surface area contributed by atoms with Crippen molar-refractivity contribution in [1.29, 1.82) is 0 Å². The van der Waals surface area contributed by atoms with Crippen LogP contribution in [0.3, 0.4) is 0 Å². The number of aromatic nitrogens is 3. The molecule has 2 bridgehead atoms. The van der Waals surface area contributed by atoms with Gasteiger partial charge in [-0.1, -0.05) is 53.5 Å². The average Bonchev–Trinajstić information content (AvgIpc) is 3.75. The number of carbonyl (C=O) groups excluding carboxylic acids is 3. The third-order valence-corrected chi connectivity index (χ3v) is 9.25. The van der Waals surface area contributed by atoms with Gasteiger partial charge in [-0.2, -0.15) is 5.10 Å². The van der Waals surface area contributed by atoms with Crippen LogP contribution in [0.1, 0.15) is 35.3 Å². The molecular formula is C32H30Cl2N6O3. The Labute approximate surface area is 258 Å². The van der Waals surface area contributed by atoms with E-state index in [1.807, 2.05) is 36.4 Å². The molecule has 2 fully saturated rings. The fourth-order valence-corrected chi connectivity index (χ4v) is 6.76. The van der Waals surface area contributed by atoms with Crippen LogP contribution in [0.25, 0.3) is 16.9 Å². The van der Waals surface area contributed by atoms with Gasteiger partial charge in [-0.15, -0.1) is 0 Å². The van der Waals surface area contributed by atoms with Crippen LogP contribution in [0.15, 0.2) is 79.1 Å². The lowest BCUT2D eigenvalue weighted by Gasteiger charge is -2.31. The maximum Gasteiger partial charge on any atom is 0.272 e. The first-order chi connectivity index (χ1) is 20.8. The molecule has 6 rings (SSSR count). The number of nitrogens with two attached hydrogens (primary N) is 1. The van der Waals surface area contributed by atoms with Crippen LogP contribution >= 0.6 is 23.2 Å². The molecule has 2 aliphatic carbocycles. The zero-order valence-electron chi connectivity index (χ0n) is 23.1. The smallest absolute Gasteiger partial charge is 0.272 e. The fourth-order valence-electron chi connectivity index (χ4n) is 6.47. The van der Waals surface area contributed by atoms with Crippen LogP contribution < -0.4 is 16.4 Å². The lowest BCUT2D eigenvalue weighted by molar-refractivity contribution is -0.131. The number of nitrogens with one attached hydrogen (secondary N) is 2. The second kappa shape index (κ2) is 12.2. The Kier molecular flexibility index (Phi) is 8.19. The Hall–Kier alpha value is -4.21. The van der Waals surface area contributed by atoms with Crippen LogP contribution in [-0.2, 0) is 16.0 Å². The van der Waals surface area contributed by atoms with Gasteiger partial charge in [0.25, 0.3) is 5.91 Å². The molecule has 2 heterocycles. The van der Waals surface area contributed by atoms with E-state index in [1.54, 1.807) is 47.4 Å². The molecule has 3 amide bonds. The van der Waals surface area contributed by atoms with Gasteiger partial charge >= 0.3 is 0 Å². The molecule has 2 aromatic heterocycles. The van der Waals surface area contributed by atoms with E-state index in [4.69, 9.17) is 28.9 Å². The van der Waals surface area contributed by atoms with Crippen molar-refractivity contribution in [3.8, 4) is 16.9 Å². The van der Waals surface area contributed by atoms with Gasteiger partial charge in [0.1, 0.15) is 6.04 Å². The fraction of sp³-hybridized carbons (Fsp3) is 0.281. The molecule has 3 unspecified atom stereocenters. The Balaban J connectivity index is 1.25. The Morgan fingerprint density at radius 2 is 1.77 bits per heavy atom. The molecule has 2 saturated carbocycles. The summed E-state index contributed by atoms with van der Waals surface area (Å²) in [6.07, 6.45) is 6.30. The molecule has 9 nitrogen and oxygen atoms in total. The number of amides is 3. The van der Waals surface area contributed by atoms with E-state index < -0.39 is 29.8 Å². The maximum atomic E-state index is 13.7. The van der Waals surface area contributed by atoms with Crippen LogP contribution in [0.5, 0.6) is 0 Å². The van der Waals surface area contributed by atoms with E-state index in [1.165, 1.54) is 0 Å². The molecule has 5 atom stereocenters. The number of fused-ring (bicyclic) bond motifs is 2. The molecule has 220 valence electrons. The summed E-state index contributed by atoms with van der Waals surface area (Å²) in [7, 11) is 0. The topological polar surface area (TPSA) is 132 Å². The van der Waals surface area contributed by atoms with Crippen molar-refractivity contribution in [2.45, 2.75) is 37.8 Å². The predicted octanol–water partition coefficient (Wildman–Crippen LogP) is 4.60. The van der Waals surface area contributed by atoms with E-state index in [2.05, 4.69) is 20.7 Å². The van der Waals surface area contributed by atoms with Crippen LogP contribution in [0.4, 0.5) is 0 Å². The quantitative estimate of drug-likeness (QED) is 0.253. The highest BCUT2D eigenvalue weighted by atomic mass is 35.5. The summed E-state index contributed by atoms with van der Waals surface area (Å²) >= 11 is 12.4. The minimum atomic E-state index is -0.852. The van der Waals surface area contributed by atoms with Gasteiger partial charge in [-0.3, -0.25) is 19.4 Å². The van der Waals surface area contributed by atoms with E-state index in [0.29, 0.717) is 27.8 Å². The standard InChI is InChI=1S/C32H30Cl2N6O3/c33-23-11-10-22(15-24(23)34)40-27(21-7-4-12-36-17-21)16-26(39-40)31(42)38-29-20-9-8-19(14-20)28(29)32(43)37-25(30(35)41)13-18-5-2-1-3-6-18/h1-7,10-12,15-17,19-20,25,28-29H,8-9,13-14H2,(H2,35,41)(H,37,43)(H,38,42)/t19?,20?,25-,28+,29?/m0/s1. The minimum Gasteiger partial charge on any atom is -0.368 e. The predicted molar refractivity (Wildman–Crippen MR) is 164 cm³/mol. The van der Waals surface area contributed by atoms with E-state index in [0.717, 1.165) is 30.4 Å². The molecule has 0 spiro atoms. The first-order valence-electron chi connectivity index (χ1n) is 14.2. The third-order valence-electron chi connectivity index (χ3n) is 8.51. The van der Waals surface area contributed by atoms with Gasteiger partial charge in [0, 0.05) is 30.4 Å². The van der Waals surface area contributed by atoms with Gasteiger partial charge < -0.3 is 16.4 Å². The summed E-state index contributed by atoms with van der Waals surface area (Å²) in [6, 6.07) is 18.7. The number of nitrogens with zero attached hydrogens (tertiary/aromatic N) is 3. The monoisotopic (exact) mass is 616 g/mol. The summed E-state index contributed by atoms with van der Waals surface area (Å²) in [5.41, 5.74) is 8.78. The number of halogens is 2. The average molecular weight is 618 g/mol. The number of primary amides is 1. The Morgan fingerprint density at radius 3 is 2.49 bits per heavy atom. The summed E-state index contributed by atoms with van der Waals surface area (Å²) in [5.74, 6) is -1.47. The number of hydrogen-bond donors (Lipinski definition) is 3. The van der Waals surface area contributed by atoms with Gasteiger partial charge in [0.05, 0.1) is 27.3 Å². The van der Waals surface area contributed by atoms with Crippen molar-refractivity contribution in [3.05, 3.63) is 100 Å². The first kappa shape index (κ1) is 28.9. The maximum absolute atomic E-state index is 13.7. The van der Waals surface area contributed by atoms with Crippen molar-refractivity contribution in [3.63, 3.8) is 0 Å². The molecule has 4 aromatic rings. The van der Waals surface area contributed by atoms with Gasteiger partial charge in [0.2, 0.25) is 11.8 Å². The van der Waals surface area contributed by atoms with Crippen molar-refractivity contribution in [1.82, 2.24) is 25.4 Å². The van der Waals surface area contributed by atoms with Crippen molar-refractivity contribution >= 4 is 40.9 Å². The molecule has 43 heavy (non-hydrogen) atoms. The van der Waals surface area contributed by atoms with Crippen molar-refractivity contribution < 1.29 is 14.4 Å². The van der Waals surface area contributed by atoms with Gasteiger partial charge in [0.15, 0.2) is 5.69 Å². The first-order valence-corrected chi connectivity index (χ1v) is 14.9. The second-order valence-electron chi connectivity index (χ2n) is 11.2. The Bertz CT molecular complexity index is 1660. The largest absolute Gasteiger partial charge is 0.368 e. The number of benzene rings is 2. The molecule has 4 N–H and O–H groups in total. The van der Waals surface area contributed by atoms with Crippen LogP contribution in [0.2, 0.25) is 10.0 Å². The third kappa shape index (κ3) is 6.00. The SMILES string of the molecule is NC(=O)[C@H](Cc1ccccc1)NC(=O)[C@@H]1C2CCC(C2)C1NC(=O)c1cc(-c2cccnc2)n(-c2ccc(Cl)c(Cl)c2)n1. The van der Waals surface area contributed by atoms with Crippen molar-refractivity contribution in [2.24, 2.45) is 23.5 Å². The lowest BCUT2D eigenvalue weighted by Crippen LogP contribution is -2.54. The van der Waals surface area contributed by atoms with Crippen molar-refractivity contribution in [2.75, 3.05) is 0 Å². The summed E-state index contributed by atoms with van der Waals surface area (Å²) in [5, 5.41) is 11.4. The van der Waals surface area contributed by atoms with E-state index in [9.17, 15) is 14.4 Å². The zero-order valence-corrected chi connectivity index (χ0v) is 24.6. The molecule has 0 saturated heterocycles. The normalized spacial score (nSPS) is 21.3. The zero-order chi connectivity index (χ0) is 30.1. The highest BCUT2D eigenvalue weighted by Gasteiger charge is 2.52. The number of rotatable bonds is 9. The molecule has 2 aromatic carbocycles. The highest BCUT2D eigenvalue weighted by molar-refractivity contribution is 6.42.